The molecule has 0 bridgehead atoms. The average Bonchev–Trinajstić information content (AvgIpc) is 2.47. The number of hydrogen-bond acceptors (Lipinski definition) is 5. The minimum Gasteiger partial charge on any atom is -0.493 e. The van der Waals surface area contributed by atoms with Gasteiger partial charge in [0.2, 0.25) is 11.5 Å². The summed E-state index contributed by atoms with van der Waals surface area (Å²) >= 11 is 5.85. The summed E-state index contributed by atoms with van der Waals surface area (Å²) in [5, 5.41) is 11.1. The minimum absolute atomic E-state index is 0.00800. The summed E-state index contributed by atoms with van der Waals surface area (Å²) in [4.78, 5) is 10.5. The van der Waals surface area contributed by atoms with Crippen LogP contribution in [0.5, 0.6) is 23.0 Å². The fourth-order valence-electron chi connectivity index (χ4n) is 1.78. The predicted octanol–water partition coefficient (Wildman–Crippen LogP) is 4.06. The first-order valence-electron chi connectivity index (χ1n) is 5.90. The van der Waals surface area contributed by atoms with Crippen molar-refractivity contribution in [2.24, 2.45) is 0 Å². The van der Waals surface area contributed by atoms with Gasteiger partial charge in [0.15, 0.2) is 11.5 Å². The molecule has 2 rings (SSSR count). The molecule has 0 saturated carbocycles. The third-order valence-electron chi connectivity index (χ3n) is 2.73. The molecule has 0 aromatic heterocycles. The molecule has 7 heteroatoms. The minimum atomic E-state index is -0.598. The van der Waals surface area contributed by atoms with Crippen LogP contribution in [0.4, 0.5) is 5.69 Å². The van der Waals surface area contributed by atoms with Crippen molar-refractivity contribution in [1.82, 2.24) is 0 Å². The molecule has 6 nitrogen and oxygen atoms in total. The van der Waals surface area contributed by atoms with Gasteiger partial charge in [0.1, 0.15) is 5.02 Å². The topological polar surface area (TPSA) is 70.8 Å². The first-order chi connectivity index (χ1) is 10.1. The Morgan fingerprint density at radius 3 is 2.05 bits per heavy atom. The lowest BCUT2D eigenvalue weighted by molar-refractivity contribution is -0.385. The number of nitrogens with zero attached hydrogens (tertiary/aromatic N) is 1. The van der Waals surface area contributed by atoms with Crippen LogP contribution in [0.3, 0.4) is 0 Å². The lowest BCUT2D eigenvalue weighted by Crippen LogP contribution is -1.97. The van der Waals surface area contributed by atoms with Crippen LogP contribution in [0.1, 0.15) is 0 Å². The summed E-state index contributed by atoms with van der Waals surface area (Å²) in [6, 6.07) is 9.48. The number of benzene rings is 2. The van der Waals surface area contributed by atoms with Gasteiger partial charge in [0, 0.05) is 0 Å². The molecule has 0 N–H and O–H groups in total. The highest BCUT2D eigenvalue weighted by molar-refractivity contribution is 6.32. The van der Waals surface area contributed by atoms with Gasteiger partial charge in [0.05, 0.1) is 19.1 Å². The van der Waals surface area contributed by atoms with Crippen molar-refractivity contribution in [1.29, 1.82) is 0 Å². The zero-order valence-electron chi connectivity index (χ0n) is 11.3. The summed E-state index contributed by atoms with van der Waals surface area (Å²) < 4.78 is 16.0. The Labute approximate surface area is 126 Å². The molecular formula is C14H12ClNO5. The lowest BCUT2D eigenvalue weighted by Gasteiger charge is -2.14. The second-order valence-electron chi connectivity index (χ2n) is 3.94. The molecule has 21 heavy (non-hydrogen) atoms. The van der Waals surface area contributed by atoms with Crippen LogP contribution < -0.4 is 14.2 Å². The van der Waals surface area contributed by atoms with Gasteiger partial charge in [-0.2, -0.15) is 0 Å². The fourth-order valence-corrected chi connectivity index (χ4v) is 2.02. The monoisotopic (exact) mass is 309 g/mol. The second kappa shape index (κ2) is 6.32. The van der Waals surface area contributed by atoms with Crippen LogP contribution in [0.15, 0.2) is 36.4 Å². The number of nitro groups is 1. The highest BCUT2D eigenvalue weighted by atomic mass is 35.5. The van der Waals surface area contributed by atoms with Gasteiger partial charge in [-0.25, -0.2) is 0 Å². The van der Waals surface area contributed by atoms with Gasteiger partial charge in [-0.1, -0.05) is 23.7 Å². The van der Waals surface area contributed by atoms with Crippen molar-refractivity contribution in [3.8, 4) is 23.0 Å². The van der Waals surface area contributed by atoms with E-state index < -0.39 is 4.92 Å². The number of halogens is 1. The largest absolute Gasteiger partial charge is 0.493 e. The first kappa shape index (κ1) is 14.9. The molecule has 0 radical (unpaired) electrons. The standard InChI is InChI=1S/C14H12ClNO5/c1-19-11-7-4-8-12(20-2)14(11)21-10-6-3-5-9(15)13(10)16(17)18/h3-8H,1-2H3. The lowest BCUT2D eigenvalue weighted by atomic mass is 10.2. The normalized spacial score (nSPS) is 10.0. The summed E-state index contributed by atoms with van der Waals surface area (Å²) in [6.07, 6.45) is 0. The number of para-hydroxylation sites is 2. The van der Waals surface area contributed by atoms with Crippen molar-refractivity contribution < 1.29 is 19.1 Å². The van der Waals surface area contributed by atoms with Crippen molar-refractivity contribution in [3.63, 3.8) is 0 Å². The van der Waals surface area contributed by atoms with Crippen molar-refractivity contribution in [3.05, 3.63) is 51.5 Å². The molecule has 0 heterocycles. The highest BCUT2D eigenvalue weighted by Crippen LogP contribution is 2.44. The maximum Gasteiger partial charge on any atom is 0.329 e. The third kappa shape index (κ3) is 3.00. The Hall–Kier alpha value is -2.47. The van der Waals surface area contributed by atoms with E-state index in [1.165, 1.54) is 26.4 Å². The average molecular weight is 310 g/mol. The van der Waals surface area contributed by atoms with E-state index in [1.54, 1.807) is 24.3 Å². The Morgan fingerprint density at radius 2 is 1.52 bits per heavy atom. The molecule has 0 fully saturated rings. The van der Waals surface area contributed by atoms with Crippen LogP contribution in [0.2, 0.25) is 5.02 Å². The van der Waals surface area contributed by atoms with Crippen LogP contribution in [-0.4, -0.2) is 19.1 Å². The van der Waals surface area contributed by atoms with E-state index in [9.17, 15) is 10.1 Å². The van der Waals surface area contributed by atoms with E-state index in [0.717, 1.165) is 0 Å². The van der Waals surface area contributed by atoms with E-state index in [2.05, 4.69) is 0 Å². The zero-order valence-corrected chi connectivity index (χ0v) is 12.1. The van der Waals surface area contributed by atoms with E-state index in [0.29, 0.717) is 11.5 Å². The number of rotatable bonds is 5. The molecule has 0 aliphatic heterocycles. The molecule has 0 aliphatic carbocycles. The molecule has 0 unspecified atom stereocenters. The van der Waals surface area contributed by atoms with Crippen molar-refractivity contribution >= 4 is 17.3 Å². The molecule has 2 aromatic rings. The van der Waals surface area contributed by atoms with Crippen LogP contribution >= 0.6 is 11.6 Å². The zero-order chi connectivity index (χ0) is 15.4. The molecule has 110 valence electrons. The van der Waals surface area contributed by atoms with E-state index in [-0.39, 0.29) is 22.2 Å². The summed E-state index contributed by atoms with van der Waals surface area (Å²) in [5.74, 6) is 1.04. The van der Waals surface area contributed by atoms with Crippen LogP contribution in [0.25, 0.3) is 0 Å². The van der Waals surface area contributed by atoms with Gasteiger partial charge >= 0.3 is 5.69 Å². The number of methoxy groups -OCH3 is 2. The highest BCUT2D eigenvalue weighted by Gasteiger charge is 2.23. The molecule has 0 saturated heterocycles. The van der Waals surface area contributed by atoms with Crippen LogP contribution in [0, 0.1) is 10.1 Å². The van der Waals surface area contributed by atoms with Crippen molar-refractivity contribution in [2.45, 2.75) is 0 Å². The molecule has 0 aliphatic rings. The van der Waals surface area contributed by atoms with Gasteiger partial charge < -0.3 is 14.2 Å². The fraction of sp³-hybridized carbons (Fsp3) is 0.143. The third-order valence-corrected chi connectivity index (χ3v) is 3.03. The molecular weight excluding hydrogens is 298 g/mol. The van der Waals surface area contributed by atoms with Gasteiger partial charge in [-0.05, 0) is 24.3 Å². The van der Waals surface area contributed by atoms with Crippen LogP contribution in [-0.2, 0) is 0 Å². The quantitative estimate of drug-likeness (QED) is 0.615. The van der Waals surface area contributed by atoms with E-state index in [1.807, 2.05) is 0 Å². The maximum absolute atomic E-state index is 11.1. The Balaban J connectivity index is 2.53. The number of hydrogen-bond donors (Lipinski definition) is 0. The summed E-state index contributed by atoms with van der Waals surface area (Å²) in [7, 11) is 2.93. The molecule has 0 atom stereocenters. The van der Waals surface area contributed by atoms with Gasteiger partial charge in [-0.3, -0.25) is 10.1 Å². The number of nitro benzene ring substituents is 1. The number of ether oxygens (including phenoxy) is 3. The molecule has 2 aromatic carbocycles. The first-order valence-corrected chi connectivity index (χ1v) is 6.28. The Morgan fingerprint density at radius 1 is 1.00 bits per heavy atom. The van der Waals surface area contributed by atoms with Crippen molar-refractivity contribution in [2.75, 3.05) is 14.2 Å². The van der Waals surface area contributed by atoms with E-state index >= 15 is 0 Å². The SMILES string of the molecule is COc1cccc(OC)c1Oc1cccc(Cl)c1[N+](=O)[O-]. The molecule has 0 amide bonds. The summed E-state index contributed by atoms with van der Waals surface area (Å²) in [6.45, 7) is 0. The second-order valence-corrected chi connectivity index (χ2v) is 4.34. The smallest absolute Gasteiger partial charge is 0.329 e. The Kier molecular flexibility index (Phi) is 4.49. The molecule has 0 spiro atoms. The van der Waals surface area contributed by atoms with E-state index in [4.69, 9.17) is 25.8 Å². The summed E-state index contributed by atoms with van der Waals surface area (Å²) in [5.41, 5.74) is -0.313. The van der Waals surface area contributed by atoms with Gasteiger partial charge in [0.25, 0.3) is 0 Å². The van der Waals surface area contributed by atoms with Gasteiger partial charge in [-0.15, -0.1) is 0 Å². The maximum atomic E-state index is 11.1. The Bertz CT molecular complexity index is 652. The predicted molar refractivity (Wildman–Crippen MR) is 77.7 cm³/mol.